The van der Waals surface area contributed by atoms with Crippen molar-refractivity contribution in [3.8, 4) is 0 Å². The minimum absolute atomic E-state index is 0. The minimum atomic E-state index is 0. The smallest absolute Gasteiger partial charge is 0.0170 e. The number of halogens is 1. The van der Waals surface area contributed by atoms with E-state index in [1.807, 2.05) is 0 Å². The number of rotatable bonds is 1. The van der Waals surface area contributed by atoms with Crippen LogP contribution in [0.1, 0.15) is 46.9 Å². The molecule has 2 aromatic rings. The summed E-state index contributed by atoms with van der Waals surface area (Å²) in [6, 6.07) is 19.0. The second kappa shape index (κ2) is 6.06. The average molecular weight is 314 g/mol. The lowest BCUT2D eigenvalue weighted by molar-refractivity contribution is 0.265. The zero-order valence-corrected chi connectivity index (χ0v) is 14.1. The van der Waals surface area contributed by atoms with E-state index in [1.165, 1.54) is 30.5 Å². The van der Waals surface area contributed by atoms with Crippen LogP contribution in [0.15, 0.2) is 48.5 Å². The van der Waals surface area contributed by atoms with Crippen LogP contribution in [-0.4, -0.2) is 24.5 Å². The topological polar surface area (TPSA) is 3.24 Å². The maximum Gasteiger partial charge on any atom is 0.0170 e. The van der Waals surface area contributed by atoms with Gasteiger partial charge in [0.1, 0.15) is 0 Å². The monoisotopic (exact) mass is 313 g/mol. The van der Waals surface area contributed by atoms with E-state index in [0.29, 0.717) is 12.0 Å². The van der Waals surface area contributed by atoms with Gasteiger partial charge in [0.25, 0.3) is 0 Å². The maximum absolute atomic E-state index is 2.57. The van der Waals surface area contributed by atoms with Crippen LogP contribution in [0, 0.1) is 6.92 Å². The van der Waals surface area contributed by atoms with E-state index in [4.69, 9.17) is 0 Å². The van der Waals surface area contributed by atoms with Crippen molar-refractivity contribution in [1.29, 1.82) is 0 Å². The molecule has 1 saturated heterocycles. The SMILES string of the molecule is Cc1ccc(C2C[C@H]3C(CCN3C)c3ccccc32)cc1.Cl. The van der Waals surface area contributed by atoms with Gasteiger partial charge in [-0.3, -0.25) is 0 Å². The van der Waals surface area contributed by atoms with Gasteiger partial charge in [0.05, 0.1) is 0 Å². The van der Waals surface area contributed by atoms with Crippen LogP contribution < -0.4 is 0 Å². The molecule has 4 rings (SSSR count). The standard InChI is InChI=1S/C20H23N.ClH/c1-14-7-9-15(10-8-14)19-13-20-18(11-12-21(20)2)16-5-3-4-6-17(16)19;/h3-10,18-20H,11-13H2,1-2H3;1H/t18?,19?,20-;/m0./s1. The van der Waals surface area contributed by atoms with Gasteiger partial charge in [0, 0.05) is 17.9 Å². The number of hydrogen-bond acceptors (Lipinski definition) is 1. The Morgan fingerprint density at radius 3 is 2.36 bits per heavy atom. The Balaban J connectivity index is 0.00000144. The molecule has 0 N–H and O–H groups in total. The molecule has 0 saturated carbocycles. The average Bonchev–Trinajstić information content (AvgIpc) is 2.89. The van der Waals surface area contributed by atoms with Gasteiger partial charge >= 0.3 is 0 Å². The van der Waals surface area contributed by atoms with Gasteiger partial charge in [-0.25, -0.2) is 0 Å². The van der Waals surface area contributed by atoms with Crippen LogP contribution in [0.2, 0.25) is 0 Å². The molecule has 1 fully saturated rings. The molecule has 116 valence electrons. The number of likely N-dealkylation sites (N-methyl/N-ethyl adjacent to an activating group) is 1. The van der Waals surface area contributed by atoms with Gasteiger partial charge in [-0.05, 0) is 50.0 Å². The normalized spacial score (nSPS) is 26.9. The third-order valence-corrected chi connectivity index (χ3v) is 5.55. The molecule has 2 aromatic carbocycles. The zero-order valence-electron chi connectivity index (χ0n) is 13.3. The van der Waals surface area contributed by atoms with Gasteiger partial charge < -0.3 is 4.90 Å². The first-order chi connectivity index (χ1) is 10.2. The van der Waals surface area contributed by atoms with Gasteiger partial charge in [-0.2, -0.15) is 0 Å². The summed E-state index contributed by atoms with van der Waals surface area (Å²) in [6.07, 6.45) is 2.58. The van der Waals surface area contributed by atoms with Gasteiger partial charge in [-0.1, -0.05) is 54.1 Å². The summed E-state index contributed by atoms with van der Waals surface area (Å²) >= 11 is 0. The predicted octanol–water partition coefficient (Wildman–Crippen LogP) is 4.74. The highest BCUT2D eigenvalue weighted by atomic mass is 35.5. The number of nitrogens with zero attached hydrogens (tertiary/aromatic N) is 1. The first kappa shape index (κ1) is 15.6. The third-order valence-electron chi connectivity index (χ3n) is 5.55. The molecule has 0 radical (unpaired) electrons. The summed E-state index contributed by atoms with van der Waals surface area (Å²) in [4.78, 5) is 2.57. The van der Waals surface area contributed by atoms with E-state index in [2.05, 4.69) is 67.4 Å². The van der Waals surface area contributed by atoms with E-state index in [1.54, 1.807) is 11.1 Å². The summed E-state index contributed by atoms with van der Waals surface area (Å²) < 4.78 is 0. The maximum atomic E-state index is 2.57. The molecule has 0 bridgehead atoms. The van der Waals surface area contributed by atoms with Crippen LogP contribution in [0.5, 0.6) is 0 Å². The lowest BCUT2D eigenvalue weighted by Crippen LogP contribution is -2.34. The molecular weight excluding hydrogens is 290 g/mol. The molecule has 0 spiro atoms. The molecule has 2 heteroatoms. The Labute approximate surface area is 139 Å². The lowest BCUT2D eigenvalue weighted by Gasteiger charge is -2.37. The molecule has 1 nitrogen and oxygen atoms in total. The largest absolute Gasteiger partial charge is 0.303 e. The van der Waals surface area contributed by atoms with Crippen LogP contribution in [0.25, 0.3) is 0 Å². The third kappa shape index (κ3) is 2.47. The van der Waals surface area contributed by atoms with Crippen molar-refractivity contribution < 1.29 is 0 Å². The predicted molar refractivity (Wildman–Crippen MR) is 95.1 cm³/mol. The second-order valence-electron chi connectivity index (χ2n) is 6.77. The fourth-order valence-corrected chi connectivity index (χ4v) is 4.36. The van der Waals surface area contributed by atoms with Gasteiger partial charge in [-0.15, -0.1) is 12.4 Å². The highest BCUT2D eigenvalue weighted by molar-refractivity contribution is 5.85. The van der Waals surface area contributed by atoms with Crippen molar-refractivity contribution >= 4 is 12.4 Å². The van der Waals surface area contributed by atoms with Gasteiger partial charge in [0.2, 0.25) is 0 Å². The van der Waals surface area contributed by atoms with Crippen molar-refractivity contribution in [2.45, 2.75) is 37.6 Å². The number of hydrogen-bond donors (Lipinski definition) is 0. The van der Waals surface area contributed by atoms with Crippen molar-refractivity contribution in [2.24, 2.45) is 0 Å². The van der Waals surface area contributed by atoms with Crippen molar-refractivity contribution in [3.05, 3.63) is 70.8 Å². The fourth-order valence-electron chi connectivity index (χ4n) is 4.36. The first-order valence-electron chi connectivity index (χ1n) is 8.09. The second-order valence-corrected chi connectivity index (χ2v) is 6.77. The Hall–Kier alpha value is -1.31. The van der Waals surface area contributed by atoms with E-state index in [-0.39, 0.29) is 12.4 Å². The summed E-state index contributed by atoms with van der Waals surface area (Å²) in [5, 5.41) is 0. The van der Waals surface area contributed by atoms with E-state index in [9.17, 15) is 0 Å². The molecule has 22 heavy (non-hydrogen) atoms. The highest BCUT2D eigenvalue weighted by Crippen LogP contribution is 2.47. The molecular formula is C20H24ClN. The number of aryl methyl sites for hydroxylation is 1. The van der Waals surface area contributed by atoms with Crippen molar-refractivity contribution in [3.63, 3.8) is 0 Å². The summed E-state index contributed by atoms with van der Waals surface area (Å²) in [6.45, 7) is 3.41. The summed E-state index contributed by atoms with van der Waals surface area (Å²) in [5.74, 6) is 1.30. The Bertz CT molecular complexity index is 649. The highest BCUT2D eigenvalue weighted by Gasteiger charge is 2.40. The molecule has 1 aliphatic carbocycles. The van der Waals surface area contributed by atoms with E-state index >= 15 is 0 Å². The Kier molecular flexibility index (Phi) is 4.29. The molecule has 0 amide bonds. The number of fused-ring (bicyclic) bond motifs is 3. The molecule has 2 unspecified atom stereocenters. The Morgan fingerprint density at radius 1 is 0.955 bits per heavy atom. The van der Waals surface area contributed by atoms with Crippen LogP contribution >= 0.6 is 12.4 Å². The van der Waals surface area contributed by atoms with E-state index in [0.717, 1.165) is 5.92 Å². The first-order valence-corrected chi connectivity index (χ1v) is 8.09. The number of likely N-dealkylation sites (tertiary alicyclic amines) is 1. The van der Waals surface area contributed by atoms with Gasteiger partial charge in [0.15, 0.2) is 0 Å². The number of benzene rings is 2. The lowest BCUT2D eigenvalue weighted by atomic mass is 9.71. The Morgan fingerprint density at radius 2 is 1.64 bits per heavy atom. The molecule has 0 aromatic heterocycles. The van der Waals surface area contributed by atoms with Crippen molar-refractivity contribution in [2.75, 3.05) is 13.6 Å². The van der Waals surface area contributed by atoms with Crippen LogP contribution in [0.3, 0.4) is 0 Å². The summed E-state index contributed by atoms with van der Waals surface area (Å²) in [5.41, 5.74) is 5.99. The van der Waals surface area contributed by atoms with Crippen LogP contribution in [-0.2, 0) is 0 Å². The fraction of sp³-hybridized carbons (Fsp3) is 0.400. The molecule has 1 aliphatic heterocycles. The van der Waals surface area contributed by atoms with Crippen molar-refractivity contribution in [1.82, 2.24) is 4.90 Å². The van der Waals surface area contributed by atoms with E-state index < -0.39 is 0 Å². The molecule has 3 atom stereocenters. The molecule has 2 aliphatic rings. The minimum Gasteiger partial charge on any atom is -0.303 e. The summed E-state index contributed by atoms with van der Waals surface area (Å²) in [7, 11) is 2.30. The van der Waals surface area contributed by atoms with Crippen LogP contribution in [0.4, 0.5) is 0 Å². The molecule has 1 heterocycles. The zero-order chi connectivity index (χ0) is 14.4. The quantitative estimate of drug-likeness (QED) is 0.735.